The highest BCUT2D eigenvalue weighted by Crippen LogP contribution is 2.52. The molecule has 30 nitrogen and oxygen atoms in total. The molecule has 0 saturated carbocycles. The molecule has 2 aromatic carbocycles. The summed E-state index contributed by atoms with van der Waals surface area (Å²) in [5, 5.41) is 97.0. The molecule has 0 unspecified atom stereocenters. The summed E-state index contributed by atoms with van der Waals surface area (Å²) in [7, 11) is 1.23. The number of phenolic OH excluding ortho intramolecular Hbond substituents is 2. The van der Waals surface area contributed by atoms with Gasteiger partial charge in [-0.1, -0.05) is 32.4 Å². The average molecular weight is 1200 g/mol. The first-order valence-electron chi connectivity index (χ1n) is 26.9. The molecule has 0 bridgehead atoms. The second kappa shape index (κ2) is 27.8. The molecule has 10 atom stereocenters. The number of ether oxygens (including phenoxy) is 3. The van der Waals surface area contributed by atoms with Crippen LogP contribution in [0.4, 0.5) is 0 Å². The Hall–Kier alpha value is -8.71. The highest BCUT2D eigenvalue weighted by molar-refractivity contribution is 6.31. The van der Waals surface area contributed by atoms with Gasteiger partial charge in [0.25, 0.3) is 11.8 Å². The Morgan fingerprint density at radius 1 is 0.753 bits per heavy atom. The predicted molar refractivity (Wildman–Crippen MR) is 284 cm³/mol. The lowest BCUT2D eigenvalue weighted by molar-refractivity contribution is -0.249. The number of nitrogens with one attached hydrogen (secondary N) is 5. The third kappa shape index (κ3) is 15.2. The lowest BCUT2D eigenvalue weighted by atomic mass is 9.72. The van der Waals surface area contributed by atoms with Crippen LogP contribution < -0.4 is 31.3 Å². The molecule has 13 N–H and O–H groups in total. The van der Waals surface area contributed by atoms with Crippen molar-refractivity contribution in [2.24, 2.45) is 5.92 Å². The van der Waals surface area contributed by atoms with Gasteiger partial charge in [-0.15, -0.1) is 0 Å². The van der Waals surface area contributed by atoms with Gasteiger partial charge in [0.2, 0.25) is 35.3 Å². The van der Waals surface area contributed by atoms with Gasteiger partial charge in [0.15, 0.2) is 17.9 Å². The number of carboxylic acid groups (broad SMARTS) is 3. The number of rotatable bonds is 28. The molecule has 6 rings (SSSR count). The second-order valence-corrected chi connectivity index (χ2v) is 21.2. The Morgan fingerprint density at radius 2 is 1.36 bits per heavy atom. The van der Waals surface area contributed by atoms with Crippen molar-refractivity contribution < 1.29 is 117 Å². The average Bonchev–Trinajstić information content (AvgIpc) is 1.07. The van der Waals surface area contributed by atoms with Gasteiger partial charge in [-0.25, -0.2) is 0 Å². The molecule has 0 aromatic heterocycles. The number of unbranched alkanes of at least 4 members (excludes halogenated alkanes) is 2. The summed E-state index contributed by atoms with van der Waals surface area (Å²) in [6, 6.07) is -4.62. The van der Waals surface area contributed by atoms with Crippen LogP contribution in [0.15, 0.2) is 30.4 Å². The summed E-state index contributed by atoms with van der Waals surface area (Å²) in [5.74, 6) is -17.0. The second-order valence-electron chi connectivity index (χ2n) is 21.2. The maximum Gasteiger partial charge on any atom is 0.305 e. The van der Waals surface area contributed by atoms with Crippen LogP contribution in [0, 0.1) is 5.92 Å². The maximum absolute atomic E-state index is 14.1. The minimum Gasteiger partial charge on any atom is -0.507 e. The van der Waals surface area contributed by atoms with E-state index in [9.17, 15) is 103 Å². The number of carboxylic acids is 3. The van der Waals surface area contributed by atoms with E-state index in [4.69, 9.17) is 14.2 Å². The summed E-state index contributed by atoms with van der Waals surface area (Å²) in [6.45, 7) is 3.01. The van der Waals surface area contributed by atoms with Crippen LogP contribution in [0.3, 0.4) is 0 Å². The Balaban J connectivity index is 1.16. The molecule has 1 saturated heterocycles. The van der Waals surface area contributed by atoms with E-state index in [1.807, 2.05) is 0 Å². The number of nitrogens with zero attached hydrogens (tertiary/aromatic N) is 1. The van der Waals surface area contributed by atoms with Crippen LogP contribution >= 0.6 is 0 Å². The molecule has 4 aliphatic rings. The molecule has 2 heterocycles. The zero-order valence-corrected chi connectivity index (χ0v) is 46.4. The van der Waals surface area contributed by atoms with E-state index in [0.29, 0.717) is 12.8 Å². The Labute approximate surface area is 483 Å². The molecule has 7 amide bonds. The minimum absolute atomic E-state index is 0.0470. The van der Waals surface area contributed by atoms with Gasteiger partial charge in [-0.2, -0.15) is 0 Å². The van der Waals surface area contributed by atoms with E-state index in [0.717, 1.165) is 17.1 Å². The normalized spacial score (nSPS) is 22.0. The Kier molecular flexibility index (Phi) is 21.4. The number of benzene rings is 2. The summed E-state index contributed by atoms with van der Waals surface area (Å²) in [4.78, 5) is 170. The number of aliphatic carboxylic acids is 3. The van der Waals surface area contributed by atoms with Crippen LogP contribution in [0.2, 0.25) is 0 Å². The first-order valence-corrected chi connectivity index (χ1v) is 26.9. The Morgan fingerprint density at radius 3 is 1.96 bits per heavy atom. The fraction of sp³-hybridized carbons (Fsp3) is 0.509. The van der Waals surface area contributed by atoms with Crippen LogP contribution in [0.25, 0.3) is 0 Å². The summed E-state index contributed by atoms with van der Waals surface area (Å²) in [5.41, 5.74) is -5.11. The van der Waals surface area contributed by atoms with Gasteiger partial charge in [-0.05, 0) is 38.2 Å². The van der Waals surface area contributed by atoms with Gasteiger partial charge < -0.3 is 81.6 Å². The third-order valence-electron chi connectivity index (χ3n) is 14.8. The van der Waals surface area contributed by atoms with Crippen molar-refractivity contribution in [3.05, 3.63) is 63.7 Å². The summed E-state index contributed by atoms with van der Waals surface area (Å²) < 4.78 is 17.4. The van der Waals surface area contributed by atoms with Crippen molar-refractivity contribution in [3.63, 3.8) is 0 Å². The zero-order valence-electron chi connectivity index (χ0n) is 46.4. The fourth-order valence-corrected chi connectivity index (χ4v) is 10.4. The monoisotopic (exact) mass is 1190 g/mol. The number of amides is 7. The van der Waals surface area contributed by atoms with Crippen LogP contribution in [0.5, 0.6) is 17.2 Å². The number of aromatic hydroxyl groups is 2. The van der Waals surface area contributed by atoms with Gasteiger partial charge in [0.05, 0.1) is 54.9 Å². The third-order valence-corrected chi connectivity index (χ3v) is 14.8. The number of hydrogen-bond acceptors (Lipinski definition) is 21. The standard InChI is InChI=1S/C55H66N6O24/c1-23(2)45(60-51(78)27(12-15-37(67)68)57-52(79)29(17-38(69)70)56-34(64)11-6-5-7-16-61-35(65)13-14-36(61)66)54(81)59-30(18-39(71)72)53(80)58-28-19-40(84-24(3)46(28)73)85-32-21-55(82,33(63)22-62)20-26-42(32)50(77)44-43(48(26)75)47(74)25-9-8-10-31(83-4)41(25)49(44)76/h8-10,13-14,23-24,27-30,32,40,45-46,62,73,75,77,82H,5-7,11-12,15-22H2,1-4H3,(H,56,64)(H,57,79)(H,58,80)(H,59,81)(H,60,78)(H,67,68)(H,69,70)(H,71,72)/t24-,27-,28-,29-,30-,32-,40-,45-,46+,55-/m0/s1. The number of carbonyl (C=O) groups excluding carboxylic acids is 10. The van der Waals surface area contributed by atoms with Crippen molar-refractivity contribution in [1.29, 1.82) is 0 Å². The molecular formula is C55H66N6O24. The van der Waals surface area contributed by atoms with Gasteiger partial charge >= 0.3 is 17.9 Å². The topological polar surface area (TPSA) is 475 Å². The number of Topliss-reactive ketones (excluding diaryl/α,β-unsaturated/α-hetero) is 1. The zero-order chi connectivity index (χ0) is 62.9. The molecule has 30 heteroatoms. The van der Waals surface area contributed by atoms with Crippen molar-refractivity contribution in [3.8, 4) is 17.2 Å². The lowest BCUT2D eigenvalue weighted by Gasteiger charge is -2.43. The highest BCUT2D eigenvalue weighted by atomic mass is 16.7. The van der Waals surface area contributed by atoms with Crippen molar-refractivity contribution >= 4 is 76.6 Å². The molecule has 2 aliphatic heterocycles. The number of aliphatic hydroxyl groups excluding tert-OH is 2. The van der Waals surface area contributed by atoms with Gasteiger partial charge in [0.1, 0.15) is 59.7 Å². The Bertz CT molecular complexity index is 3070. The van der Waals surface area contributed by atoms with Gasteiger partial charge in [0, 0.05) is 67.5 Å². The number of phenols is 2. The first-order chi connectivity index (χ1) is 40.0. The molecule has 2 aliphatic carbocycles. The van der Waals surface area contributed by atoms with E-state index in [1.165, 1.54) is 46.1 Å². The number of hydrogen-bond donors (Lipinski definition) is 13. The number of ketones is 3. The highest BCUT2D eigenvalue weighted by Gasteiger charge is 2.51. The van der Waals surface area contributed by atoms with E-state index in [2.05, 4.69) is 26.6 Å². The lowest BCUT2D eigenvalue weighted by Crippen LogP contribution is -2.61. The van der Waals surface area contributed by atoms with Crippen LogP contribution in [-0.4, -0.2) is 197 Å². The van der Waals surface area contributed by atoms with Crippen molar-refractivity contribution in [2.75, 3.05) is 20.3 Å². The van der Waals surface area contributed by atoms with E-state index >= 15 is 0 Å². The molecule has 85 heavy (non-hydrogen) atoms. The predicted octanol–water partition coefficient (Wildman–Crippen LogP) is -1.95. The first kappa shape index (κ1) is 65.4. The number of carbonyl (C=O) groups is 13. The molecule has 1 fully saturated rings. The van der Waals surface area contributed by atoms with Crippen molar-refractivity contribution in [2.45, 2.75) is 152 Å². The number of fused-ring (bicyclic) bond motifs is 3. The molecule has 460 valence electrons. The number of imide groups is 1. The number of aliphatic hydroxyl groups is 3. The minimum atomic E-state index is -2.54. The van der Waals surface area contributed by atoms with Crippen LogP contribution in [-0.2, 0) is 68.6 Å². The van der Waals surface area contributed by atoms with Crippen molar-refractivity contribution in [1.82, 2.24) is 31.5 Å². The molecule has 2 aromatic rings. The largest absolute Gasteiger partial charge is 0.507 e. The van der Waals surface area contributed by atoms with E-state index in [1.54, 1.807) is 0 Å². The number of methoxy groups -OCH3 is 1. The van der Waals surface area contributed by atoms with Gasteiger partial charge in [-0.3, -0.25) is 67.2 Å². The molecule has 0 radical (unpaired) electrons. The maximum atomic E-state index is 14.1. The van der Waals surface area contributed by atoms with E-state index < -0.39 is 223 Å². The quantitative estimate of drug-likeness (QED) is 0.0214. The molecular weight excluding hydrogens is 1130 g/mol. The fourth-order valence-electron chi connectivity index (χ4n) is 10.4. The SMILES string of the molecule is COc1cccc2c1C(=O)c1c(O)c3c(c(O)c1C2=O)C[C@@](O)(C(=O)CO)C[C@@H]3O[C@H]1C[C@H](NC(=O)[C@H](CC(=O)O)NC(=O)[C@@H](NC(=O)[C@H](CCC(=O)O)NC(=O)[C@H](CC(=O)O)NC(=O)CCCCCN2C(=O)C=CC2=O)C(C)C)[C@H](O)[C@H](C)O1. The molecule has 0 spiro atoms. The van der Waals surface area contributed by atoms with Crippen LogP contribution in [0.1, 0.15) is 134 Å². The smallest absolute Gasteiger partial charge is 0.305 e. The summed E-state index contributed by atoms with van der Waals surface area (Å²) in [6.07, 6.45) is -8.95. The van der Waals surface area contributed by atoms with E-state index in [-0.39, 0.29) is 41.8 Å². The summed E-state index contributed by atoms with van der Waals surface area (Å²) >= 11 is 0.